The van der Waals surface area contributed by atoms with E-state index in [1.54, 1.807) is 0 Å². The lowest BCUT2D eigenvalue weighted by Crippen LogP contribution is -2.42. The molecule has 0 radical (unpaired) electrons. The molecule has 0 bridgehead atoms. The number of piperidine rings is 1. The summed E-state index contributed by atoms with van der Waals surface area (Å²) in [5.41, 5.74) is 2.62. The molecule has 1 aromatic rings. The number of halogens is 3. The van der Waals surface area contributed by atoms with Crippen LogP contribution in [0.2, 0.25) is 0 Å². The molecular formula is C29H36F3N3S. The highest BCUT2D eigenvalue weighted by molar-refractivity contribution is 7.80. The normalized spacial score (nSPS) is 17.8. The van der Waals surface area contributed by atoms with Crippen LogP contribution in [0.15, 0.2) is 82.7 Å². The number of hydrogen-bond donors (Lipinski definition) is 0. The minimum atomic E-state index is -2.59. The van der Waals surface area contributed by atoms with Gasteiger partial charge >= 0.3 is 0 Å². The minimum absolute atomic E-state index is 0.104. The van der Waals surface area contributed by atoms with Gasteiger partial charge in [0.1, 0.15) is 5.83 Å². The van der Waals surface area contributed by atoms with Crippen LogP contribution in [0.5, 0.6) is 0 Å². The van der Waals surface area contributed by atoms with Gasteiger partial charge in [-0.15, -0.1) is 0 Å². The van der Waals surface area contributed by atoms with Crippen molar-refractivity contribution in [2.45, 2.75) is 45.5 Å². The largest absolute Gasteiger partial charge is 0.331 e. The van der Waals surface area contributed by atoms with Crippen LogP contribution in [0.25, 0.3) is 0 Å². The third-order valence-electron chi connectivity index (χ3n) is 6.97. The van der Waals surface area contributed by atoms with Gasteiger partial charge in [-0.3, -0.25) is 4.99 Å². The zero-order valence-electron chi connectivity index (χ0n) is 21.2. The van der Waals surface area contributed by atoms with E-state index in [1.807, 2.05) is 42.5 Å². The molecule has 3 nitrogen and oxygen atoms in total. The van der Waals surface area contributed by atoms with Gasteiger partial charge in [-0.05, 0) is 81.1 Å². The monoisotopic (exact) mass is 515 g/mol. The lowest BCUT2D eigenvalue weighted by atomic mass is 9.95. The number of alkyl halides is 2. The second kappa shape index (κ2) is 13.7. The van der Waals surface area contributed by atoms with Gasteiger partial charge in [-0.2, -0.15) is 0 Å². The Morgan fingerprint density at radius 1 is 1.17 bits per heavy atom. The summed E-state index contributed by atoms with van der Waals surface area (Å²) in [6.07, 6.45) is 5.59. The molecule has 0 spiro atoms. The zero-order chi connectivity index (χ0) is 26.1. The van der Waals surface area contributed by atoms with Crippen LogP contribution >= 0.6 is 12.2 Å². The number of thiocarbonyl (C=S) groups is 1. The van der Waals surface area contributed by atoms with Crippen molar-refractivity contribution in [1.29, 1.82) is 0 Å². The molecule has 1 aliphatic heterocycles. The first-order chi connectivity index (χ1) is 17.3. The van der Waals surface area contributed by atoms with Crippen molar-refractivity contribution in [2.24, 2.45) is 10.9 Å². The van der Waals surface area contributed by atoms with E-state index in [-0.39, 0.29) is 23.9 Å². The van der Waals surface area contributed by atoms with E-state index in [1.165, 1.54) is 13.1 Å². The maximum absolute atomic E-state index is 15.5. The van der Waals surface area contributed by atoms with Crippen LogP contribution < -0.4 is 4.90 Å². The van der Waals surface area contributed by atoms with Gasteiger partial charge < -0.3 is 9.80 Å². The van der Waals surface area contributed by atoms with E-state index in [0.717, 1.165) is 43.2 Å². The highest BCUT2D eigenvalue weighted by atomic mass is 32.1. The van der Waals surface area contributed by atoms with Crippen molar-refractivity contribution in [1.82, 2.24) is 4.90 Å². The Bertz CT molecular complexity index is 1040. The average molecular weight is 516 g/mol. The maximum atomic E-state index is 15.5. The van der Waals surface area contributed by atoms with E-state index in [9.17, 15) is 8.78 Å². The van der Waals surface area contributed by atoms with Crippen LogP contribution in [-0.4, -0.2) is 55.3 Å². The number of anilines is 1. The Labute approximate surface area is 218 Å². The number of likely N-dealkylation sites (tertiary alicyclic amines) is 1. The van der Waals surface area contributed by atoms with Crippen molar-refractivity contribution >= 4 is 28.6 Å². The third-order valence-corrected chi connectivity index (χ3v) is 7.52. The number of aliphatic imine (C=N–C) groups is 1. The standard InChI is InChI=1S/C29H36F3N3S/c1-4-34-17-15-22(16-18-34)29(36)35(25-11-6-5-7-12-25)20-24-10-8-9-23(19-26(24)30)21(2)13-14-27(33-3)28(31)32/h5-7,9-12,19,22,28H,2,4,8,13-18,20H2,1,3H3. The van der Waals surface area contributed by atoms with Crippen molar-refractivity contribution in [3.63, 3.8) is 0 Å². The molecule has 0 amide bonds. The number of hydrogen-bond acceptors (Lipinski definition) is 3. The van der Waals surface area contributed by atoms with E-state index < -0.39 is 6.43 Å². The summed E-state index contributed by atoms with van der Waals surface area (Å²) >= 11 is 5.99. The van der Waals surface area contributed by atoms with Crippen molar-refractivity contribution in [2.75, 3.05) is 38.1 Å². The van der Waals surface area contributed by atoms with Crippen LogP contribution in [0.4, 0.5) is 18.9 Å². The Morgan fingerprint density at radius 3 is 2.47 bits per heavy atom. The summed E-state index contributed by atoms with van der Waals surface area (Å²) in [5, 5.41) is 0. The second-order valence-electron chi connectivity index (χ2n) is 9.20. The fraction of sp³-hybridized carbons (Fsp3) is 0.448. The number of para-hydroxylation sites is 1. The van der Waals surface area contributed by atoms with Crippen LogP contribution in [0.1, 0.15) is 39.0 Å². The molecule has 0 N–H and O–H groups in total. The molecule has 0 unspecified atom stereocenters. The zero-order valence-corrected chi connectivity index (χ0v) is 22.0. The first-order valence-electron chi connectivity index (χ1n) is 12.6. The van der Waals surface area contributed by atoms with Gasteiger partial charge in [0.05, 0.1) is 17.2 Å². The highest BCUT2D eigenvalue weighted by Gasteiger charge is 2.27. The van der Waals surface area contributed by atoms with Gasteiger partial charge in [0.25, 0.3) is 6.43 Å². The third kappa shape index (κ3) is 7.50. The Hall–Kier alpha value is -2.51. The van der Waals surface area contributed by atoms with Crippen molar-refractivity contribution in [3.05, 3.63) is 77.7 Å². The Balaban J connectivity index is 1.74. The minimum Gasteiger partial charge on any atom is -0.331 e. The molecule has 1 fully saturated rings. The molecule has 7 heteroatoms. The van der Waals surface area contributed by atoms with Crippen LogP contribution in [-0.2, 0) is 0 Å². The summed E-state index contributed by atoms with van der Waals surface area (Å²) in [4.78, 5) is 9.01. The van der Waals surface area contributed by atoms with E-state index in [0.29, 0.717) is 36.1 Å². The summed E-state index contributed by atoms with van der Waals surface area (Å²) < 4.78 is 41.5. The molecule has 0 atom stereocenters. The molecule has 1 heterocycles. The molecule has 2 aliphatic rings. The molecule has 1 aliphatic carbocycles. The van der Waals surface area contributed by atoms with Gasteiger partial charge in [0, 0.05) is 24.2 Å². The Morgan fingerprint density at radius 2 is 1.86 bits per heavy atom. The molecule has 0 saturated carbocycles. The fourth-order valence-corrected chi connectivity index (χ4v) is 5.04. The number of allylic oxidation sites excluding steroid dienone is 5. The van der Waals surface area contributed by atoms with E-state index in [4.69, 9.17) is 12.2 Å². The van der Waals surface area contributed by atoms with Crippen LogP contribution in [0, 0.1) is 5.92 Å². The van der Waals surface area contributed by atoms with Gasteiger partial charge in [-0.25, -0.2) is 13.2 Å². The van der Waals surface area contributed by atoms with Crippen molar-refractivity contribution in [3.8, 4) is 0 Å². The molecule has 194 valence electrons. The predicted molar refractivity (Wildman–Crippen MR) is 149 cm³/mol. The number of nitrogens with zero attached hydrogens (tertiary/aromatic N) is 3. The lowest BCUT2D eigenvalue weighted by Gasteiger charge is -2.36. The average Bonchev–Trinajstić information content (AvgIpc) is 3.08. The van der Waals surface area contributed by atoms with E-state index in [2.05, 4.69) is 28.3 Å². The molecule has 3 rings (SSSR count). The smallest absolute Gasteiger partial charge is 0.276 e. The van der Waals surface area contributed by atoms with E-state index >= 15 is 4.39 Å². The molecular weight excluding hydrogens is 479 g/mol. The maximum Gasteiger partial charge on any atom is 0.276 e. The number of benzene rings is 1. The molecule has 36 heavy (non-hydrogen) atoms. The van der Waals surface area contributed by atoms with Gasteiger partial charge in [0.15, 0.2) is 0 Å². The summed E-state index contributed by atoms with van der Waals surface area (Å²) in [6, 6.07) is 9.91. The quantitative estimate of drug-likeness (QED) is 0.240. The topological polar surface area (TPSA) is 18.8 Å². The summed E-state index contributed by atoms with van der Waals surface area (Å²) in [6.45, 7) is 9.61. The summed E-state index contributed by atoms with van der Waals surface area (Å²) in [5.74, 6) is -0.0678. The first-order valence-corrected chi connectivity index (χ1v) is 13.0. The van der Waals surface area contributed by atoms with Crippen LogP contribution in [0.3, 0.4) is 0 Å². The highest BCUT2D eigenvalue weighted by Crippen LogP contribution is 2.30. The molecule has 0 aromatic heterocycles. The molecule has 1 saturated heterocycles. The molecule has 1 aromatic carbocycles. The van der Waals surface area contributed by atoms with Gasteiger partial charge in [0.2, 0.25) is 0 Å². The first kappa shape index (κ1) is 28.1. The Kier molecular flexibility index (Phi) is 10.7. The number of rotatable bonds is 10. The van der Waals surface area contributed by atoms with Gasteiger partial charge in [-0.1, -0.05) is 56.1 Å². The fourth-order valence-electron chi connectivity index (χ4n) is 4.63. The summed E-state index contributed by atoms with van der Waals surface area (Å²) in [7, 11) is 1.36. The van der Waals surface area contributed by atoms with Crippen molar-refractivity contribution < 1.29 is 13.2 Å². The SMILES string of the molecule is C=C(CCC(=NC)C(F)F)C1=CCC=C(CN(C(=S)C2CCN(CC)CC2)c2ccccc2)C(F)=C1. The lowest BCUT2D eigenvalue weighted by molar-refractivity contribution is 0.219. The predicted octanol–water partition coefficient (Wildman–Crippen LogP) is 7.33. The second-order valence-corrected chi connectivity index (χ2v) is 9.62.